The number of hydrogen-bond acceptors (Lipinski definition) is 2. The molecule has 0 saturated carbocycles. The zero-order valence-corrected chi connectivity index (χ0v) is 5.52. The van der Waals surface area contributed by atoms with Gasteiger partial charge in [-0.1, -0.05) is 0 Å². The first-order valence-electron chi connectivity index (χ1n) is 2.83. The second kappa shape index (κ2) is 3.05. The monoisotopic (exact) mass is 116 g/mol. The lowest BCUT2D eigenvalue weighted by Crippen LogP contribution is -2.20. The van der Waals surface area contributed by atoms with E-state index in [9.17, 15) is 0 Å². The number of aliphatic hydroxyl groups is 1. The Hall–Kier alpha value is -0.0800. The van der Waals surface area contributed by atoms with E-state index in [-0.39, 0.29) is 0 Å². The van der Waals surface area contributed by atoms with Crippen LogP contribution in [0.1, 0.15) is 20.3 Å². The number of hydrogen-bond donors (Lipinski definition) is 2. The smallest absolute Gasteiger partial charge is 0.0624 e. The highest BCUT2D eigenvalue weighted by molar-refractivity contribution is 4.83. The molecule has 1 radical (unpaired) electrons. The van der Waals surface area contributed by atoms with Gasteiger partial charge in [0.25, 0.3) is 0 Å². The van der Waals surface area contributed by atoms with Crippen LogP contribution in [0.5, 0.6) is 0 Å². The zero-order chi connectivity index (χ0) is 6.62. The molecule has 8 heavy (non-hydrogen) atoms. The van der Waals surface area contributed by atoms with Gasteiger partial charge in [-0.2, -0.15) is 0 Å². The molecule has 0 atom stereocenters. The Balaban J connectivity index is 3.11. The Labute approximate surface area is 50.7 Å². The molecule has 0 saturated heterocycles. The molecule has 0 heterocycles. The summed E-state index contributed by atoms with van der Waals surface area (Å²) in [7, 11) is 0. The van der Waals surface area contributed by atoms with Gasteiger partial charge < -0.3 is 10.8 Å². The average Bonchev–Trinajstić information content (AvgIpc) is 1.59. The molecule has 0 amide bonds. The lowest BCUT2D eigenvalue weighted by Gasteiger charge is -2.14. The molecule has 0 aliphatic heterocycles. The molecule has 3 N–H and O–H groups in total. The fraction of sp³-hybridized carbons (Fsp3) is 0.833. The van der Waals surface area contributed by atoms with E-state index >= 15 is 0 Å². The fourth-order valence-electron chi connectivity index (χ4n) is 0.437. The first kappa shape index (κ1) is 7.92. The molecule has 49 valence electrons. The maximum Gasteiger partial charge on any atom is 0.0624 e. The van der Waals surface area contributed by atoms with Gasteiger partial charge in [0.1, 0.15) is 0 Å². The fourth-order valence-corrected chi connectivity index (χ4v) is 0.437. The molecule has 0 aromatic carbocycles. The van der Waals surface area contributed by atoms with Gasteiger partial charge in [0.2, 0.25) is 0 Å². The van der Waals surface area contributed by atoms with Crippen molar-refractivity contribution in [2.45, 2.75) is 25.9 Å². The zero-order valence-electron chi connectivity index (χ0n) is 5.52. The summed E-state index contributed by atoms with van der Waals surface area (Å²) in [6.07, 6.45) is 2.58. The largest absolute Gasteiger partial charge is 0.390 e. The summed E-state index contributed by atoms with van der Waals surface area (Å²) in [4.78, 5) is 0. The van der Waals surface area contributed by atoms with E-state index in [0.29, 0.717) is 6.54 Å². The van der Waals surface area contributed by atoms with Gasteiger partial charge in [0.15, 0.2) is 0 Å². The Morgan fingerprint density at radius 3 is 2.25 bits per heavy atom. The summed E-state index contributed by atoms with van der Waals surface area (Å²) in [6.45, 7) is 4.09. The molecule has 0 aromatic heterocycles. The van der Waals surface area contributed by atoms with Gasteiger partial charge in [-0.25, -0.2) is 0 Å². The second-order valence-electron chi connectivity index (χ2n) is 2.44. The van der Waals surface area contributed by atoms with Gasteiger partial charge in [-0.3, -0.25) is 0 Å². The Bertz CT molecular complexity index is 56.0. The van der Waals surface area contributed by atoms with Crippen LogP contribution in [0.3, 0.4) is 0 Å². The summed E-state index contributed by atoms with van der Waals surface area (Å²) in [5.74, 6) is 0. The highest BCUT2D eigenvalue weighted by atomic mass is 16.3. The van der Waals surface area contributed by atoms with Crippen LogP contribution in [0.2, 0.25) is 0 Å². The van der Waals surface area contributed by atoms with Gasteiger partial charge >= 0.3 is 0 Å². The van der Waals surface area contributed by atoms with E-state index in [2.05, 4.69) is 0 Å². The Morgan fingerprint density at radius 2 is 2.12 bits per heavy atom. The topological polar surface area (TPSA) is 46.2 Å². The Morgan fingerprint density at radius 1 is 1.62 bits per heavy atom. The van der Waals surface area contributed by atoms with Crippen molar-refractivity contribution in [3.05, 3.63) is 6.42 Å². The third-order valence-electron chi connectivity index (χ3n) is 0.811. The normalized spacial score (nSPS) is 12.0. The predicted molar refractivity (Wildman–Crippen MR) is 34.3 cm³/mol. The molecule has 0 unspecified atom stereocenters. The second-order valence-corrected chi connectivity index (χ2v) is 2.44. The van der Waals surface area contributed by atoms with Crippen LogP contribution in [0.4, 0.5) is 0 Å². The van der Waals surface area contributed by atoms with Gasteiger partial charge in [-0.05, 0) is 33.2 Å². The van der Waals surface area contributed by atoms with E-state index in [0.717, 1.165) is 6.42 Å². The summed E-state index contributed by atoms with van der Waals surface area (Å²) >= 11 is 0. The molecule has 0 spiro atoms. The van der Waals surface area contributed by atoms with Crippen molar-refractivity contribution in [3.8, 4) is 0 Å². The molecular formula is C6H14NO. The highest BCUT2D eigenvalue weighted by Gasteiger charge is 2.10. The summed E-state index contributed by atoms with van der Waals surface area (Å²) < 4.78 is 0. The standard InChI is InChI=1S/C6H14NO/c1-6(2,8)4-3-5-7/h4,8H,3,5,7H2,1-2H3. The van der Waals surface area contributed by atoms with Crippen molar-refractivity contribution < 1.29 is 5.11 Å². The third-order valence-corrected chi connectivity index (χ3v) is 0.811. The summed E-state index contributed by atoms with van der Waals surface area (Å²) in [5, 5.41) is 9.04. The van der Waals surface area contributed by atoms with Gasteiger partial charge in [0.05, 0.1) is 5.60 Å². The highest BCUT2D eigenvalue weighted by Crippen LogP contribution is 2.06. The minimum Gasteiger partial charge on any atom is -0.390 e. The van der Waals surface area contributed by atoms with E-state index in [4.69, 9.17) is 10.8 Å². The van der Waals surface area contributed by atoms with Crippen molar-refractivity contribution in [1.29, 1.82) is 0 Å². The number of nitrogens with two attached hydrogens (primary N) is 1. The number of rotatable bonds is 3. The molecule has 0 fully saturated rings. The van der Waals surface area contributed by atoms with Crippen LogP contribution in [-0.2, 0) is 0 Å². The van der Waals surface area contributed by atoms with Crippen molar-refractivity contribution in [1.82, 2.24) is 0 Å². The molecule has 0 rings (SSSR count). The Kier molecular flexibility index (Phi) is 3.02. The van der Waals surface area contributed by atoms with Crippen LogP contribution >= 0.6 is 0 Å². The lowest BCUT2D eigenvalue weighted by atomic mass is 10.0. The van der Waals surface area contributed by atoms with Crippen molar-refractivity contribution >= 4 is 0 Å². The van der Waals surface area contributed by atoms with E-state index < -0.39 is 5.60 Å². The van der Waals surface area contributed by atoms with Crippen molar-refractivity contribution in [2.75, 3.05) is 6.54 Å². The predicted octanol–water partition coefficient (Wildman–Crippen LogP) is 0.310. The van der Waals surface area contributed by atoms with Crippen LogP contribution in [0.25, 0.3) is 0 Å². The molecule has 2 nitrogen and oxygen atoms in total. The van der Waals surface area contributed by atoms with Gasteiger partial charge in [-0.15, -0.1) is 0 Å². The van der Waals surface area contributed by atoms with Crippen molar-refractivity contribution in [3.63, 3.8) is 0 Å². The first-order chi connectivity index (χ1) is 3.56. The quantitative estimate of drug-likeness (QED) is 0.557. The molecule has 2 heteroatoms. The summed E-state index contributed by atoms with van der Waals surface area (Å²) in [5.41, 5.74) is 4.54. The van der Waals surface area contributed by atoms with Crippen LogP contribution < -0.4 is 5.73 Å². The first-order valence-corrected chi connectivity index (χ1v) is 2.83. The van der Waals surface area contributed by atoms with E-state index in [1.165, 1.54) is 0 Å². The molecule has 0 aromatic rings. The van der Waals surface area contributed by atoms with Crippen LogP contribution in [0.15, 0.2) is 0 Å². The third kappa shape index (κ3) is 5.92. The van der Waals surface area contributed by atoms with Crippen LogP contribution in [0, 0.1) is 6.42 Å². The van der Waals surface area contributed by atoms with Crippen molar-refractivity contribution in [2.24, 2.45) is 5.73 Å². The van der Waals surface area contributed by atoms with Gasteiger partial charge in [0, 0.05) is 0 Å². The van der Waals surface area contributed by atoms with E-state index in [1.54, 1.807) is 20.3 Å². The minimum absolute atomic E-state index is 0.615. The maximum absolute atomic E-state index is 9.04. The minimum atomic E-state index is -0.653. The molecule has 0 aliphatic rings. The summed E-state index contributed by atoms with van der Waals surface area (Å²) in [6, 6.07) is 0. The van der Waals surface area contributed by atoms with Crippen LogP contribution in [-0.4, -0.2) is 17.3 Å². The molecule has 0 aliphatic carbocycles. The lowest BCUT2D eigenvalue weighted by molar-refractivity contribution is 0.112. The SMILES string of the molecule is CC(C)(O)[CH]CCN. The van der Waals surface area contributed by atoms with E-state index in [1.807, 2.05) is 0 Å². The molecular weight excluding hydrogens is 102 g/mol. The molecule has 0 bridgehead atoms. The average molecular weight is 116 g/mol. The maximum atomic E-state index is 9.04.